The van der Waals surface area contributed by atoms with Gasteiger partial charge in [0, 0.05) is 59.5 Å². The van der Waals surface area contributed by atoms with E-state index in [0.717, 1.165) is 71.5 Å². The lowest BCUT2D eigenvalue weighted by Gasteiger charge is -2.36. The lowest BCUT2D eigenvalue weighted by Crippen LogP contribution is -2.52. The number of aliphatic imine (C=N–C) groups is 1. The highest BCUT2D eigenvalue weighted by molar-refractivity contribution is 5.80. The minimum Gasteiger partial charge on any atom is -0.383 e. The number of methoxy groups -OCH3 is 1. The number of guanidine groups is 1. The van der Waals surface area contributed by atoms with Gasteiger partial charge in [0.2, 0.25) is 0 Å². The zero-order valence-electron chi connectivity index (χ0n) is 16.7. The number of benzene rings is 1. The molecule has 0 amide bonds. The smallest absolute Gasteiger partial charge is 0.194 e. The average Bonchev–Trinajstić information content (AvgIpc) is 2.67. The molecule has 146 valence electrons. The van der Waals surface area contributed by atoms with Crippen molar-refractivity contribution in [3.8, 4) is 0 Å². The van der Waals surface area contributed by atoms with Gasteiger partial charge in [-0.25, -0.2) is 0 Å². The standard InChI is InChI=1S/C20H35N5O/c1-4-21-20(22-10-11-23(2)16-17-26-3)25-14-12-24(13-15-25)18-19-8-6-5-7-9-19/h5-9H,4,10-18H2,1-3H3,(H,21,22). The highest BCUT2D eigenvalue weighted by Crippen LogP contribution is 2.08. The van der Waals surface area contributed by atoms with E-state index in [0.29, 0.717) is 0 Å². The molecular formula is C20H35N5O. The minimum atomic E-state index is 0.768. The molecule has 0 unspecified atom stereocenters. The van der Waals surface area contributed by atoms with E-state index in [4.69, 9.17) is 9.73 Å². The second kappa shape index (κ2) is 11.9. The molecule has 1 aromatic rings. The summed E-state index contributed by atoms with van der Waals surface area (Å²) in [5.41, 5.74) is 1.39. The molecule has 1 aromatic carbocycles. The van der Waals surface area contributed by atoms with Crippen LogP contribution in [-0.2, 0) is 11.3 Å². The third kappa shape index (κ3) is 7.32. The molecule has 1 fully saturated rings. The molecule has 0 atom stereocenters. The van der Waals surface area contributed by atoms with Crippen LogP contribution in [0, 0.1) is 0 Å². The summed E-state index contributed by atoms with van der Waals surface area (Å²) in [6, 6.07) is 10.7. The van der Waals surface area contributed by atoms with Crippen LogP contribution in [0.1, 0.15) is 12.5 Å². The van der Waals surface area contributed by atoms with Gasteiger partial charge in [-0.3, -0.25) is 9.89 Å². The molecule has 1 N–H and O–H groups in total. The van der Waals surface area contributed by atoms with Gasteiger partial charge >= 0.3 is 0 Å². The number of piperazine rings is 1. The first-order valence-electron chi connectivity index (χ1n) is 9.70. The number of nitrogens with zero attached hydrogens (tertiary/aromatic N) is 4. The number of rotatable bonds is 9. The van der Waals surface area contributed by atoms with Crippen molar-refractivity contribution in [1.29, 1.82) is 0 Å². The predicted octanol–water partition coefficient (Wildman–Crippen LogP) is 1.35. The van der Waals surface area contributed by atoms with Crippen LogP contribution in [0.15, 0.2) is 35.3 Å². The minimum absolute atomic E-state index is 0.768. The van der Waals surface area contributed by atoms with Crippen LogP contribution in [0.4, 0.5) is 0 Å². The van der Waals surface area contributed by atoms with Crippen molar-refractivity contribution in [3.05, 3.63) is 35.9 Å². The van der Waals surface area contributed by atoms with E-state index in [1.807, 2.05) is 0 Å². The Morgan fingerprint density at radius 3 is 2.54 bits per heavy atom. The van der Waals surface area contributed by atoms with Gasteiger partial charge in [-0.1, -0.05) is 30.3 Å². The first-order chi connectivity index (χ1) is 12.7. The van der Waals surface area contributed by atoms with Gasteiger partial charge in [-0.15, -0.1) is 0 Å². The number of hydrogen-bond acceptors (Lipinski definition) is 4. The van der Waals surface area contributed by atoms with Crippen LogP contribution in [0.25, 0.3) is 0 Å². The summed E-state index contributed by atoms with van der Waals surface area (Å²) < 4.78 is 5.12. The third-order valence-corrected chi connectivity index (χ3v) is 4.68. The normalized spacial score (nSPS) is 16.3. The van der Waals surface area contributed by atoms with Gasteiger partial charge in [-0.2, -0.15) is 0 Å². The van der Waals surface area contributed by atoms with E-state index in [2.05, 4.69) is 64.3 Å². The molecule has 0 radical (unpaired) electrons. The highest BCUT2D eigenvalue weighted by Gasteiger charge is 2.19. The number of nitrogens with one attached hydrogen (secondary N) is 1. The fourth-order valence-electron chi connectivity index (χ4n) is 3.07. The molecule has 0 saturated carbocycles. The molecule has 1 aliphatic heterocycles. The molecule has 0 aliphatic carbocycles. The van der Waals surface area contributed by atoms with Crippen molar-refractivity contribution in [2.45, 2.75) is 13.5 Å². The van der Waals surface area contributed by atoms with Gasteiger partial charge in [0.25, 0.3) is 0 Å². The van der Waals surface area contributed by atoms with Crippen LogP contribution < -0.4 is 5.32 Å². The van der Waals surface area contributed by atoms with E-state index < -0.39 is 0 Å². The monoisotopic (exact) mass is 361 g/mol. The van der Waals surface area contributed by atoms with Crippen molar-refractivity contribution >= 4 is 5.96 Å². The fourth-order valence-corrected chi connectivity index (χ4v) is 3.07. The summed E-state index contributed by atoms with van der Waals surface area (Å²) in [5.74, 6) is 1.05. The zero-order chi connectivity index (χ0) is 18.6. The van der Waals surface area contributed by atoms with E-state index in [1.165, 1.54) is 5.56 Å². The summed E-state index contributed by atoms with van der Waals surface area (Å²) in [4.78, 5) is 12.0. The molecule has 6 heteroatoms. The average molecular weight is 362 g/mol. The highest BCUT2D eigenvalue weighted by atomic mass is 16.5. The van der Waals surface area contributed by atoms with Crippen molar-refractivity contribution in [1.82, 2.24) is 20.0 Å². The van der Waals surface area contributed by atoms with Crippen LogP contribution in [0.3, 0.4) is 0 Å². The third-order valence-electron chi connectivity index (χ3n) is 4.68. The summed E-state index contributed by atoms with van der Waals surface area (Å²) in [6.45, 7) is 11.8. The maximum atomic E-state index is 5.12. The lowest BCUT2D eigenvalue weighted by atomic mass is 10.2. The Hall–Kier alpha value is -1.63. The summed E-state index contributed by atoms with van der Waals surface area (Å²) in [7, 11) is 3.86. The van der Waals surface area contributed by atoms with Crippen LogP contribution in [-0.4, -0.2) is 93.8 Å². The number of hydrogen-bond donors (Lipinski definition) is 1. The van der Waals surface area contributed by atoms with Crippen molar-refractivity contribution in [2.75, 3.05) is 73.1 Å². The Bertz CT molecular complexity index is 514. The molecule has 6 nitrogen and oxygen atoms in total. The topological polar surface area (TPSA) is 43.3 Å². The zero-order valence-corrected chi connectivity index (χ0v) is 16.7. The lowest BCUT2D eigenvalue weighted by molar-refractivity contribution is 0.162. The maximum absolute atomic E-state index is 5.12. The van der Waals surface area contributed by atoms with Gasteiger partial charge in [0.05, 0.1) is 13.2 Å². The summed E-state index contributed by atoms with van der Waals surface area (Å²) >= 11 is 0. The van der Waals surface area contributed by atoms with Gasteiger partial charge in [0.15, 0.2) is 5.96 Å². The first kappa shape index (κ1) is 20.7. The molecule has 0 spiro atoms. The SMILES string of the molecule is CCNC(=NCCN(C)CCOC)N1CCN(Cc2ccccc2)CC1. The fraction of sp³-hybridized carbons (Fsp3) is 0.650. The van der Waals surface area contributed by atoms with Crippen molar-refractivity contribution < 1.29 is 4.74 Å². The largest absolute Gasteiger partial charge is 0.383 e. The van der Waals surface area contributed by atoms with Crippen molar-refractivity contribution in [2.24, 2.45) is 4.99 Å². The molecular weight excluding hydrogens is 326 g/mol. The Labute approximate surface area is 158 Å². The molecule has 2 rings (SSSR count). The summed E-state index contributed by atoms with van der Waals surface area (Å²) in [5, 5.41) is 3.45. The number of likely N-dealkylation sites (N-methyl/N-ethyl adjacent to an activating group) is 1. The second-order valence-corrected chi connectivity index (χ2v) is 6.78. The molecule has 1 saturated heterocycles. The van der Waals surface area contributed by atoms with E-state index in [-0.39, 0.29) is 0 Å². The molecule has 1 heterocycles. The Morgan fingerprint density at radius 2 is 1.88 bits per heavy atom. The van der Waals surface area contributed by atoms with Crippen LogP contribution in [0.2, 0.25) is 0 Å². The molecule has 26 heavy (non-hydrogen) atoms. The first-order valence-corrected chi connectivity index (χ1v) is 9.70. The maximum Gasteiger partial charge on any atom is 0.194 e. The Kier molecular flexibility index (Phi) is 9.45. The van der Waals surface area contributed by atoms with Gasteiger partial charge in [-0.05, 0) is 19.5 Å². The van der Waals surface area contributed by atoms with Gasteiger partial charge < -0.3 is 19.9 Å². The second-order valence-electron chi connectivity index (χ2n) is 6.78. The van der Waals surface area contributed by atoms with E-state index >= 15 is 0 Å². The van der Waals surface area contributed by atoms with Crippen LogP contribution >= 0.6 is 0 Å². The molecule has 0 bridgehead atoms. The van der Waals surface area contributed by atoms with E-state index in [1.54, 1.807) is 7.11 Å². The predicted molar refractivity (Wildman–Crippen MR) is 109 cm³/mol. The van der Waals surface area contributed by atoms with Crippen LogP contribution in [0.5, 0.6) is 0 Å². The Balaban J connectivity index is 1.78. The number of ether oxygens (including phenoxy) is 1. The molecule has 1 aliphatic rings. The quantitative estimate of drug-likeness (QED) is 0.531. The van der Waals surface area contributed by atoms with Crippen molar-refractivity contribution in [3.63, 3.8) is 0 Å². The Morgan fingerprint density at radius 1 is 1.15 bits per heavy atom. The van der Waals surface area contributed by atoms with E-state index in [9.17, 15) is 0 Å². The van der Waals surface area contributed by atoms with Gasteiger partial charge in [0.1, 0.15) is 0 Å². The molecule has 0 aromatic heterocycles. The summed E-state index contributed by atoms with van der Waals surface area (Å²) in [6.07, 6.45) is 0.